The van der Waals surface area contributed by atoms with Gasteiger partial charge in [0.1, 0.15) is 0 Å². The largest absolute Gasteiger partial charge is 0.478 e. The molecule has 0 bridgehead atoms. The molecule has 0 radical (unpaired) electrons. The second-order valence-corrected chi connectivity index (χ2v) is 10.4. The van der Waals surface area contributed by atoms with E-state index in [1.165, 1.54) is 49.9 Å². The van der Waals surface area contributed by atoms with Crippen molar-refractivity contribution in [2.45, 2.75) is 58.3 Å². The van der Waals surface area contributed by atoms with Crippen molar-refractivity contribution in [3.63, 3.8) is 0 Å². The van der Waals surface area contributed by atoms with Crippen LogP contribution in [0.25, 0.3) is 10.9 Å². The van der Waals surface area contributed by atoms with E-state index in [2.05, 4.69) is 16.1 Å². The van der Waals surface area contributed by atoms with Crippen LogP contribution < -0.4 is 4.74 Å². The molecule has 3 heterocycles. The van der Waals surface area contributed by atoms with Crippen molar-refractivity contribution in [1.82, 2.24) is 19.7 Å². The summed E-state index contributed by atoms with van der Waals surface area (Å²) in [5.74, 6) is 2.34. The summed E-state index contributed by atoms with van der Waals surface area (Å²) in [5, 5.41) is 5.44. The number of carbonyl (C=O) groups is 1. The van der Waals surface area contributed by atoms with Gasteiger partial charge in [0.05, 0.1) is 12.1 Å². The summed E-state index contributed by atoms with van der Waals surface area (Å²) in [6.45, 7) is 6.04. The smallest absolute Gasteiger partial charge is 0.213 e. The number of fused-ring (bicyclic) bond motifs is 2. The molecule has 2 aromatic heterocycles. The van der Waals surface area contributed by atoms with Gasteiger partial charge in [0, 0.05) is 61.9 Å². The lowest BCUT2D eigenvalue weighted by Crippen LogP contribution is -2.29. The summed E-state index contributed by atoms with van der Waals surface area (Å²) in [7, 11) is 1.91. The number of ether oxygens (including phenoxy) is 1. The predicted molar refractivity (Wildman–Crippen MR) is 139 cm³/mol. The summed E-state index contributed by atoms with van der Waals surface area (Å²) in [5.41, 5.74) is 4.33. The molecular formula is C29H38N4O2. The van der Waals surface area contributed by atoms with Crippen LogP contribution in [0.5, 0.6) is 5.88 Å². The van der Waals surface area contributed by atoms with E-state index in [4.69, 9.17) is 9.72 Å². The summed E-state index contributed by atoms with van der Waals surface area (Å²) in [6, 6.07) is 10.1. The topological polar surface area (TPSA) is 60.2 Å². The molecule has 1 fully saturated rings. The van der Waals surface area contributed by atoms with Crippen molar-refractivity contribution in [2.24, 2.45) is 18.9 Å². The number of benzene rings is 1. The number of hydrogen-bond acceptors (Lipinski definition) is 5. The average Bonchev–Trinajstić information content (AvgIpc) is 3.13. The molecule has 3 aromatic rings. The van der Waals surface area contributed by atoms with E-state index in [1.54, 1.807) is 4.68 Å². The summed E-state index contributed by atoms with van der Waals surface area (Å²) >= 11 is 0. The number of ketones is 1. The molecule has 0 N–H and O–H groups in total. The fourth-order valence-corrected chi connectivity index (χ4v) is 5.93. The number of hydrogen-bond donors (Lipinski definition) is 0. The van der Waals surface area contributed by atoms with Gasteiger partial charge in [0.25, 0.3) is 0 Å². The number of rotatable bonds is 8. The Morgan fingerprint density at radius 1 is 1.06 bits per heavy atom. The van der Waals surface area contributed by atoms with E-state index in [-0.39, 0.29) is 5.78 Å². The second kappa shape index (κ2) is 10.9. The van der Waals surface area contributed by atoms with Gasteiger partial charge in [-0.2, -0.15) is 5.10 Å². The molecule has 0 atom stereocenters. The van der Waals surface area contributed by atoms with Crippen molar-refractivity contribution >= 4 is 16.7 Å². The molecule has 5 rings (SSSR count). The van der Waals surface area contributed by atoms with Crippen molar-refractivity contribution in [3.05, 3.63) is 53.3 Å². The highest BCUT2D eigenvalue weighted by atomic mass is 16.5. The Morgan fingerprint density at radius 3 is 2.69 bits per heavy atom. The van der Waals surface area contributed by atoms with E-state index >= 15 is 0 Å². The van der Waals surface area contributed by atoms with Gasteiger partial charge in [-0.25, -0.2) is 4.98 Å². The zero-order valence-electron chi connectivity index (χ0n) is 21.2. The van der Waals surface area contributed by atoms with Crippen LogP contribution >= 0.6 is 0 Å². The zero-order valence-corrected chi connectivity index (χ0v) is 21.2. The number of pyridine rings is 1. The van der Waals surface area contributed by atoms with Crippen LogP contribution in [0.4, 0.5) is 0 Å². The minimum Gasteiger partial charge on any atom is -0.478 e. The van der Waals surface area contributed by atoms with Gasteiger partial charge in [0.15, 0.2) is 5.78 Å². The molecule has 0 saturated heterocycles. The van der Waals surface area contributed by atoms with Crippen molar-refractivity contribution in [2.75, 3.05) is 26.2 Å². The van der Waals surface area contributed by atoms with Crippen LogP contribution in [0, 0.1) is 11.8 Å². The Kier molecular flexibility index (Phi) is 7.47. The fraction of sp³-hybridized carbons (Fsp3) is 0.552. The Bertz CT molecular complexity index is 1160. The first kappa shape index (κ1) is 24.0. The summed E-state index contributed by atoms with van der Waals surface area (Å²) in [6.07, 6.45) is 10.8. The fourth-order valence-electron chi connectivity index (χ4n) is 5.93. The molecule has 186 valence electrons. The molecule has 1 aliphatic heterocycles. The Morgan fingerprint density at radius 2 is 1.86 bits per heavy atom. The van der Waals surface area contributed by atoms with Gasteiger partial charge in [0.2, 0.25) is 5.88 Å². The lowest BCUT2D eigenvalue weighted by atomic mass is 9.78. The second-order valence-electron chi connectivity index (χ2n) is 10.4. The number of carbonyl (C=O) groups excluding carboxylic acids is 1. The Hall–Kier alpha value is -2.73. The van der Waals surface area contributed by atoms with E-state index < -0.39 is 0 Å². The molecule has 6 nitrogen and oxygen atoms in total. The third kappa shape index (κ3) is 5.75. The van der Waals surface area contributed by atoms with Crippen LogP contribution in [-0.2, 0) is 19.9 Å². The van der Waals surface area contributed by atoms with E-state index in [9.17, 15) is 4.79 Å². The van der Waals surface area contributed by atoms with Crippen molar-refractivity contribution in [3.8, 4) is 5.88 Å². The number of aromatic nitrogens is 3. The normalized spacial score (nSPS) is 21.0. The van der Waals surface area contributed by atoms with E-state index in [0.29, 0.717) is 18.9 Å². The average molecular weight is 475 g/mol. The number of aryl methyl sites for hydroxylation is 1. The Balaban J connectivity index is 1.07. The highest BCUT2D eigenvalue weighted by Gasteiger charge is 2.25. The lowest BCUT2D eigenvalue weighted by molar-refractivity contribution is 0.0942. The van der Waals surface area contributed by atoms with Crippen LogP contribution in [0.2, 0.25) is 0 Å². The zero-order chi connectivity index (χ0) is 24.2. The van der Waals surface area contributed by atoms with Crippen molar-refractivity contribution < 1.29 is 9.53 Å². The molecule has 0 spiro atoms. The van der Waals surface area contributed by atoms with Gasteiger partial charge < -0.3 is 9.64 Å². The molecule has 6 heteroatoms. The first-order chi connectivity index (χ1) is 17.1. The van der Waals surface area contributed by atoms with Crippen molar-refractivity contribution in [1.29, 1.82) is 0 Å². The summed E-state index contributed by atoms with van der Waals surface area (Å²) < 4.78 is 7.39. The molecule has 1 saturated carbocycles. The monoisotopic (exact) mass is 474 g/mol. The maximum atomic E-state index is 13.1. The van der Waals surface area contributed by atoms with Crippen LogP contribution in [0.15, 0.2) is 36.5 Å². The molecule has 35 heavy (non-hydrogen) atoms. The number of nitrogens with zero attached hydrogens (tertiary/aromatic N) is 4. The molecule has 0 unspecified atom stereocenters. The predicted octanol–water partition coefficient (Wildman–Crippen LogP) is 5.24. The minimum atomic E-state index is 0.275. The standard InChI is InChI=1S/C29H38N4O2/c1-3-35-29-12-11-23-14-17-33(18-15-26(23)30-29)16-13-21-7-9-22(10-8-21)19-28(34)24-5-4-6-27-25(24)20-32(2)31-27/h4-6,11-12,20-22H,3,7-10,13-19H2,1-2H3. The number of Topliss-reactive ketones (excluding diaryl/α,β-unsaturated/α-hetero) is 1. The first-order valence-electron chi connectivity index (χ1n) is 13.4. The van der Waals surface area contributed by atoms with E-state index in [1.807, 2.05) is 44.4 Å². The van der Waals surface area contributed by atoms with Gasteiger partial charge in [-0.1, -0.05) is 31.0 Å². The third-order valence-electron chi connectivity index (χ3n) is 7.96. The summed E-state index contributed by atoms with van der Waals surface area (Å²) in [4.78, 5) is 20.4. The van der Waals surface area contributed by atoms with Gasteiger partial charge >= 0.3 is 0 Å². The van der Waals surface area contributed by atoms with Gasteiger partial charge in [-0.05, 0) is 62.6 Å². The maximum absolute atomic E-state index is 13.1. The lowest BCUT2D eigenvalue weighted by Gasteiger charge is -2.30. The SMILES string of the molecule is CCOc1ccc2c(n1)CCN(CCC1CCC(CC(=O)c3cccc4nn(C)cc34)CC1)CC2. The first-order valence-corrected chi connectivity index (χ1v) is 13.4. The maximum Gasteiger partial charge on any atom is 0.213 e. The quantitative estimate of drug-likeness (QED) is 0.418. The molecule has 1 aromatic carbocycles. The van der Waals surface area contributed by atoms with Crippen LogP contribution in [0.1, 0.15) is 67.1 Å². The van der Waals surface area contributed by atoms with Crippen LogP contribution in [-0.4, -0.2) is 51.7 Å². The molecule has 2 aliphatic rings. The van der Waals surface area contributed by atoms with E-state index in [0.717, 1.165) is 54.2 Å². The minimum absolute atomic E-state index is 0.275. The highest BCUT2D eigenvalue weighted by Crippen LogP contribution is 2.34. The molecule has 0 amide bonds. The highest BCUT2D eigenvalue weighted by molar-refractivity contribution is 6.07. The van der Waals surface area contributed by atoms with Crippen LogP contribution in [0.3, 0.4) is 0 Å². The molecular weight excluding hydrogens is 436 g/mol. The van der Waals surface area contributed by atoms with Gasteiger partial charge in [-0.3, -0.25) is 9.48 Å². The Labute approximate surface area is 208 Å². The molecule has 1 aliphatic carbocycles. The third-order valence-corrected chi connectivity index (χ3v) is 7.96. The van der Waals surface area contributed by atoms with Gasteiger partial charge in [-0.15, -0.1) is 0 Å².